The van der Waals surface area contributed by atoms with Crippen molar-refractivity contribution in [3.05, 3.63) is 66.1 Å². The number of pyridine rings is 1. The Kier molecular flexibility index (Phi) is 5.90. The lowest BCUT2D eigenvalue weighted by Gasteiger charge is -2.33. The van der Waals surface area contributed by atoms with Crippen LogP contribution < -0.4 is 5.32 Å². The highest BCUT2D eigenvalue weighted by molar-refractivity contribution is 7.89. The summed E-state index contributed by atoms with van der Waals surface area (Å²) in [5.41, 5.74) is 1.04. The van der Waals surface area contributed by atoms with E-state index in [4.69, 9.17) is 0 Å². The molecule has 1 saturated heterocycles. The fourth-order valence-corrected chi connectivity index (χ4v) is 5.08. The summed E-state index contributed by atoms with van der Waals surface area (Å²) < 4.78 is 41.1. The Hall–Kier alpha value is -3.37. The third-order valence-corrected chi connectivity index (χ3v) is 7.26. The molecule has 2 aromatic carbocycles. The van der Waals surface area contributed by atoms with Gasteiger partial charge in [-0.1, -0.05) is 6.07 Å². The van der Waals surface area contributed by atoms with Crippen LogP contribution in [0, 0.1) is 5.82 Å². The fourth-order valence-electron chi connectivity index (χ4n) is 3.61. The molecular weight excluding hydrogens is 435 g/mol. The Bertz CT molecular complexity index is 1300. The standard InChI is InChI=1S/C22H21FN4O4S/c1-15(28)26-9-11-27(12-10-26)32(30,31)18-4-2-3-16(13-18)22(29)25-21-7-8-24-20-6-5-17(23)14-19(20)21/h2-8,13-14H,9-12H2,1H3,(H,24,25,29). The first-order valence-electron chi connectivity index (χ1n) is 9.97. The van der Waals surface area contributed by atoms with Gasteiger partial charge in [-0.2, -0.15) is 4.31 Å². The van der Waals surface area contributed by atoms with Crippen LogP contribution in [0.3, 0.4) is 0 Å². The van der Waals surface area contributed by atoms with Crippen LogP contribution in [-0.4, -0.2) is 60.6 Å². The summed E-state index contributed by atoms with van der Waals surface area (Å²) in [5, 5.41) is 3.14. The van der Waals surface area contributed by atoms with E-state index in [2.05, 4.69) is 10.3 Å². The van der Waals surface area contributed by atoms with Crippen LogP contribution in [0.25, 0.3) is 10.9 Å². The number of hydrogen-bond acceptors (Lipinski definition) is 5. The lowest BCUT2D eigenvalue weighted by atomic mass is 10.1. The maximum Gasteiger partial charge on any atom is 0.255 e. The molecule has 32 heavy (non-hydrogen) atoms. The van der Waals surface area contributed by atoms with E-state index in [9.17, 15) is 22.4 Å². The molecule has 0 unspecified atom stereocenters. The number of nitrogens with one attached hydrogen (secondary N) is 1. The maximum absolute atomic E-state index is 13.7. The monoisotopic (exact) mass is 456 g/mol. The molecule has 0 radical (unpaired) electrons. The van der Waals surface area contributed by atoms with Crippen LogP contribution in [0.1, 0.15) is 17.3 Å². The second-order valence-corrected chi connectivity index (χ2v) is 9.35. The van der Waals surface area contributed by atoms with Crippen LogP contribution in [0.2, 0.25) is 0 Å². The Morgan fingerprint density at radius 2 is 1.78 bits per heavy atom. The number of rotatable bonds is 4. The average Bonchev–Trinajstić information content (AvgIpc) is 2.79. The number of nitrogens with zero attached hydrogens (tertiary/aromatic N) is 3. The fraction of sp³-hybridized carbons (Fsp3) is 0.227. The molecule has 0 aliphatic carbocycles. The van der Waals surface area contributed by atoms with E-state index in [0.29, 0.717) is 29.7 Å². The molecule has 4 rings (SSSR count). The first-order valence-corrected chi connectivity index (χ1v) is 11.4. The molecule has 2 amide bonds. The molecule has 0 saturated carbocycles. The third-order valence-electron chi connectivity index (χ3n) is 5.37. The van der Waals surface area contributed by atoms with Crippen LogP contribution in [0.15, 0.2) is 59.6 Å². The maximum atomic E-state index is 13.7. The first kappa shape index (κ1) is 21.8. The number of halogens is 1. The zero-order valence-electron chi connectivity index (χ0n) is 17.3. The summed E-state index contributed by atoms with van der Waals surface area (Å²) in [7, 11) is -3.82. The summed E-state index contributed by atoms with van der Waals surface area (Å²) in [4.78, 5) is 30.1. The van der Waals surface area contributed by atoms with Crippen molar-refractivity contribution >= 4 is 38.4 Å². The number of piperazine rings is 1. The minimum Gasteiger partial charge on any atom is -0.340 e. The molecule has 1 aromatic heterocycles. The topological polar surface area (TPSA) is 99.7 Å². The largest absolute Gasteiger partial charge is 0.340 e. The van der Waals surface area contributed by atoms with E-state index in [0.717, 1.165) is 0 Å². The third kappa shape index (κ3) is 4.32. The Morgan fingerprint density at radius 3 is 2.50 bits per heavy atom. The first-order chi connectivity index (χ1) is 15.3. The van der Waals surface area contributed by atoms with Gasteiger partial charge in [-0.05, 0) is 42.5 Å². The van der Waals surface area contributed by atoms with Gasteiger partial charge in [-0.25, -0.2) is 12.8 Å². The number of anilines is 1. The molecule has 3 aromatic rings. The second kappa shape index (κ2) is 8.64. The predicted octanol–water partition coefficient (Wildman–Crippen LogP) is 2.48. The van der Waals surface area contributed by atoms with Crippen molar-refractivity contribution in [2.24, 2.45) is 0 Å². The number of sulfonamides is 1. The van der Waals surface area contributed by atoms with Gasteiger partial charge in [0.15, 0.2) is 0 Å². The second-order valence-electron chi connectivity index (χ2n) is 7.41. The molecule has 10 heteroatoms. The quantitative estimate of drug-likeness (QED) is 0.650. The normalized spacial score (nSPS) is 15.0. The number of aromatic nitrogens is 1. The van der Waals surface area contributed by atoms with Gasteiger partial charge in [0.1, 0.15) is 5.82 Å². The van der Waals surface area contributed by atoms with Gasteiger partial charge in [0.05, 0.1) is 16.1 Å². The SMILES string of the molecule is CC(=O)N1CCN(S(=O)(=O)c2cccc(C(=O)Nc3ccnc4ccc(F)cc34)c2)CC1. The molecule has 166 valence electrons. The molecular formula is C22H21FN4O4S. The smallest absolute Gasteiger partial charge is 0.255 e. The van der Waals surface area contributed by atoms with Crippen molar-refractivity contribution < 1.29 is 22.4 Å². The number of carbonyl (C=O) groups excluding carboxylic acids is 2. The molecule has 0 atom stereocenters. The van der Waals surface area contributed by atoms with Crippen molar-refractivity contribution in [1.29, 1.82) is 0 Å². The van der Waals surface area contributed by atoms with Gasteiger partial charge in [0, 0.05) is 50.2 Å². The van der Waals surface area contributed by atoms with E-state index < -0.39 is 21.7 Å². The predicted molar refractivity (Wildman–Crippen MR) is 117 cm³/mol. The Morgan fingerprint density at radius 1 is 1.03 bits per heavy atom. The number of carbonyl (C=O) groups is 2. The lowest BCUT2D eigenvalue weighted by Crippen LogP contribution is -2.49. The molecule has 0 bridgehead atoms. The Balaban J connectivity index is 1.56. The highest BCUT2D eigenvalue weighted by Gasteiger charge is 2.29. The van der Waals surface area contributed by atoms with Crippen LogP contribution in [0.5, 0.6) is 0 Å². The summed E-state index contributed by atoms with van der Waals surface area (Å²) in [6.07, 6.45) is 1.50. The van der Waals surface area contributed by atoms with Gasteiger partial charge in [0.25, 0.3) is 5.91 Å². The molecule has 2 heterocycles. The van der Waals surface area contributed by atoms with Gasteiger partial charge in [0.2, 0.25) is 15.9 Å². The summed E-state index contributed by atoms with van der Waals surface area (Å²) in [6, 6.07) is 11.4. The van der Waals surface area contributed by atoms with Gasteiger partial charge >= 0.3 is 0 Å². The van der Waals surface area contributed by atoms with E-state index in [-0.39, 0.29) is 29.5 Å². The van der Waals surface area contributed by atoms with Crippen LogP contribution in [-0.2, 0) is 14.8 Å². The molecule has 1 aliphatic rings. The number of hydrogen-bond donors (Lipinski definition) is 1. The van der Waals surface area contributed by atoms with Crippen molar-refractivity contribution in [1.82, 2.24) is 14.2 Å². The minimum atomic E-state index is -3.82. The number of fused-ring (bicyclic) bond motifs is 1. The zero-order chi connectivity index (χ0) is 22.9. The van der Waals surface area contributed by atoms with Gasteiger partial charge < -0.3 is 10.2 Å². The van der Waals surface area contributed by atoms with E-state index in [1.807, 2.05) is 0 Å². The summed E-state index contributed by atoms with van der Waals surface area (Å²) in [5.74, 6) is -1.08. The molecule has 1 fully saturated rings. The lowest BCUT2D eigenvalue weighted by molar-refractivity contribution is -0.129. The molecule has 1 N–H and O–H groups in total. The molecule has 0 spiro atoms. The van der Waals surface area contributed by atoms with Crippen LogP contribution >= 0.6 is 0 Å². The zero-order valence-corrected chi connectivity index (χ0v) is 18.1. The van der Waals surface area contributed by atoms with Crippen molar-refractivity contribution in [3.63, 3.8) is 0 Å². The summed E-state index contributed by atoms with van der Waals surface area (Å²) >= 11 is 0. The van der Waals surface area contributed by atoms with Gasteiger partial charge in [-0.3, -0.25) is 14.6 Å². The average molecular weight is 456 g/mol. The van der Waals surface area contributed by atoms with Crippen molar-refractivity contribution in [2.75, 3.05) is 31.5 Å². The molecule has 8 nitrogen and oxygen atoms in total. The number of amides is 2. The van der Waals surface area contributed by atoms with Crippen molar-refractivity contribution in [2.45, 2.75) is 11.8 Å². The Labute approximate surface area is 184 Å². The highest BCUT2D eigenvalue weighted by atomic mass is 32.2. The van der Waals surface area contributed by atoms with E-state index in [1.165, 1.54) is 59.9 Å². The highest BCUT2D eigenvalue weighted by Crippen LogP contribution is 2.24. The van der Waals surface area contributed by atoms with E-state index in [1.54, 1.807) is 11.0 Å². The summed E-state index contributed by atoms with van der Waals surface area (Å²) in [6.45, 7) is 2.47. The van der Waals surface area contributed by atoms with Crippen LogP contribution in [0.4, 0.5) is 10.1 Å². The minimum absolute atomic E-state index is 0.00736. The molecule has 1 aliphatic heterocycles. The van der Waals surface area contributed by atoms with E-state index >= 15 is 0 Å². The number of benzene rings is 2. The van der Waals surface area contributed by atoms with Crippen molar-refractivity contribution in [3.8, 4) is 0 Å². The van der Waals surface area contributed by atoms with Gasteiger partial charge in [-0.15, -0.1) is 0 Å².